The summed E-state index contributed by atoms with van der Waals surface area (Å²) < 4.78 is 103. The highest BCUT2D eigenvalue weighted by molar-refractivity contribution is 9.09. The van der Waals surface area contributed by atoms with Crippen molar-refractivity contribution in [3.63, 3.8) is 0 Å². The second-order valence-electron chi connectivity index (χ2n) is 5.00. The van der Waals surface area contributed by atoms with E-state index in [0.717, 1.165) is 12.1 Å². The Morgan fingerprint density at radius 1 is 1.00 bits per heavy atom. The van der Waals surface area contributed by atoms with E-state index in [0.29, 0.717) is 0 Å². The lowest BCUT2D eigenvalue weighted by Crippen LogP contribution is -2.58. The van der Waals surface area contributed by atoms with Crippen LogP contribution in [0.5, 0.6) is 0 Å². The maximum atomic E-state index is 13.6. The lowest BCUT2D eigenvalue weighted by molar-refractivity contribution is -0.342. The summed E-state index contributed by atoms with van der Waals surface area (Å²) in [6.07, 6.45) is -8.03. The third-order valence-electron chi connectivity index (χ3n) is 3.07. The molecule has 0 saturated heterocycles. The summed E-state index contributed by atoms with van der Waals surface area (Å²) in [5, 5.41) is 17.7. The fraction of sp³-hybridized carbons (Fsp3) is 0.833. The fourth-order valence-electron chi connectivity index (χ4n) is 1.62. The smallest absolute Gasteiger partial charge is 0.203 e. The summed E-state index contributed by atoms with van der Waals surface area (Å²) in [5.74, 6) is -18.4. The monoisotopic (exact) mass is 414 g/mol. The van der Waals surface area contributed by atoms with E-state index in [4.69, 9.17) is 10.5 Å². The van der Waals surface area contributed by atoms with Crippen molar-refractivity contribution in [1.29, 1.82) is 10.5 Å². The molecule has 0 heterocycles. The fourth-order valence-corrected chi connectivity index (χ4v) is 1.85. The van der Waals surface area contributed by atoms with Crippen molar-refractivity contribution in [3.05, 3.63) is 0 Å². The van der Waals surface area contributed by atoms with Gasteiger partial charge in [-0.05, 0) is 12.8 Å². The molecule has 0 spiro atoms. The standard InChI is InChI=1S/C12H11BrF8N2/c1-7(13)2-3-9(5-22,6-23)4-10(16,17)12(20,21)11(18,19)8(14)15/h7-8H,2-4H2,1H3. The van der Waals surface area contributed by atoms with Crippen LogP contribution in [0.25, 0.3) is 0 Å². The van der Waals surface area contributed by atoms with Crippen LogP contribution >= 0.6 is 15.9 Å². The molecule has 2 nitrogen and oxygen atoms in total. The summed E-state index contributed by atoms with van der Waals surface area (Å²) >= 11 is 2.98. The second-order valence-corrected chi connectivity index (χ2v) is 6.57. The largest absolute Gasteiger partial charge is 0.377 e. The molecule has 0 aromatic heterocycles. The highest BCUT2D eigenvalue weighted by Crippen LogP contribution is 2.52. The Bertz CT molecular complexity index is 478. The van der Waals surface area contributed by atoms with Gasteiger partial charge in [-0.15, -0.1) is 0 Å². The first-order valence-corrected chi connectivity index (χ1v) is 6.99. The SMILES string of the molecule is CC(Br)CCC(C#N)(C#N)CC(F)(F)C(F)(F)C(F)(F)C(F)F. The minimum atomic E-state index is -6.42. The summed E-state index contributed by atoms with van der Waals surface area (Å²) in [5.41, 5.74) is -2.72. The number of rotatable bonds is 8. The van der Waals surface area contributed by atoms with Crippen molar-refractivity contribution in [2.24, 2.45) is 5.41 Å². The molecule has 0 aromatic rings. The Balaban J connectivity index is 5.66. The number of alkyl halides is 9. The van der Waals surface area contributed by atoms with Gasteiger partial charge >= 0.3 is 24.2 Å². The average Bonchev–Trinajstić information content (AvgIpc) is 2.42. The molecule has 0 rings (SSSR count). The molecule has 0 bridgehead atoms. The maximum absolute atomic E-state index is 13.6. The predicted molar refractivity (Wildman–Crippen MR) is 66.7 cm³/mol. The number of nitrogens with zero attached hydrogens (tertiary/aromatic N) is 2. The van der Waals surface area contributed by atoms with Gasteiger partial charge in [-0.1, -0.05) is 22.9 Å². The molecule has 0 radical (unpaired) electrons. The molecule has 0 aliphatic rings. The zero-order chi connectivity index (χ0) is 18.7. The first-order valence-electron chi connectivity index (χ1n) is 6.07. The van der Waals surface area contributed by atoms with E-state index < -0.39 is 42.4 Å². The minimum Gasteiger partial charge on any atom is -0.203 e. The van der Waals surface area contributed by atoms with E-state index in [9.17, 15) is 35.1 Å². The Kier molecular flexibility index (Phi) is 6.86. The molecule has 23 heavy (non-hydrogen) atoms. The summed E-state index contributed by atoms with van der Waals surface area (Å²) in [7, 11) is 0. The quantitative estimate of drug-likeness (QED) is 0.407. The zero-order valence-electron chi connectivity index (χ0n) is 11.6. The predicted octanol–water partition coefficient (Wildman–Crippen LogP) is 5.14. The van der Waals surface area contributed by atoms with Gasteiger partial charge in [-0.2, -0.15) is 36.9 Å². The molecule has 132 valence electrons. The van der Waals surface area contributed by atoms with Crippen LogP contribution in [0.3, 0.4) is 0 Å². The van der Waals surface area contributed by atoms with Crippen LogP contribution in [-0.4, -0.2) is 29.0 Å². The van der Waals surface area contributed by atoms with Gasteiger partial charge in [0.1, 0.15) is 5.41 Å². The van der Waals surface area contributed by atoms with Gasteiger partial charge < -0.3 is 0 Å². The van der Waals surface area contributed by atoms with E-state index in [-0.39, 0.29) is 11.2 Å². The Morgan fingerprint density at radius 2 is 1.43 bits per heavy atom. The molecule has 0 aliphatic heterocycles. The lowest BCUT2D eigenvalue weighted by Gasteiger charge is -2.34. The maximum Gasteiger partial charge on any atom is 0.377 e. The summed E-state index contributed by atoms with van der Waals surface area (Å²) in [6, 6.07) is 2.20. The molecule has 0 aromatic carbocycles. The number of hydrogen-bond donors (Lipinski definition) is 0. The van der Waals surface area contributed by atoms with E-state index in [1.54, 1.807) is 0 Å². The van der Waals surface area contributed by atoms with Gasteiger partial charge in [0.15, 0.2) is 0 Å². The third-order valence-corrected chi connectivity index (χ3v) is 3.53. The second kappa shape index (κ2) is 7.20. The van der Waals surface area contributed by atoms with Gasteiger partial charge in [-0.3, -0.25) is 0 Å². The molecule has 0 fully saturated rings. The molecule has 11 heteroatoms. The van der Waals surface area contributed by atoms with Crippen molar-refractivity contribution < 1.29 is 35.1 Å². The molecular formula is C12H11BrF8N2. The van der Waals surface area contributed by atoms with Gasteiger partial charge in [0, 0.05) is 11.2 Å². The van der Waals surface area contributed by atoms with Gasteiger partial charge in [0.25, 0.3) is 0 Å². The summed E-state index contributed by atoms with van der Waals surface area (Å²) in [6.45, 7) is 1.51. The zero-order valence-corrected chi connectivity index (χ0v) is 13.2. The molecule has 1 unspecified atom stereocenters. The Morgan fingerprint density at radius 3 is 1.74 bits per heavy atom. The van der Waals surface area contributed by atoms with Crippen molar-refractivity contribution in [2.45, 2.75) is 55.2 Å². The van der Waals surface area contributed by atoms with Crippen LogP contribution in [-0.2, 0) is 0 Å². The highest BCUT2D eigenvalue weighted by Gasteiger charge is 2.76. The topological polar surface area (TPSA) is 47.6 Å². The Labute approximate surface area is 135 Å². The van der Waals surface area contributed by atoms with E-state index in [1.807, 2.05) is 0 Å². The number of hydrogen-bond acceptors (Lipinski definition) is 2. The van der Waals surface area contributed by atoms with Crippen molar-refractivity contribution in [1.82, 2.24) is 0 Å². The average molecular weight is 415 g/mol. The van der Waals surface area contributed by atoms with Gasteiger partial charge in [-0.25, -0.2) is 8.78 Å². The van der Waals surface area contributed by atoms with Gasteiger partial charge in [0.05, 0.1) is 12.1 Å². The highest BCUT2D eigenvalue weighted by atomic mass is 79.9. The normalized spacial score (nSPS) is 15.2. The molecule has 0 aliphatic carbocycles. The molecule has 1 atom stereocenters. The van der Waals surface area contributed by atoms with E-state index in [2.05, 4.69) is 15.9 Å². The number of halogens is 9. The van der Waals surface area contributed by atoms with Crippen molar-refractivity contribution >= 4 is 15.9 Å². The van der Waals surface area contributed by atoms with Crippen molar-refractivity contribution in [3.8, 4) is 12.1 Å². The van der Waals surface area contributed by atoms with E-state index >= 15 is 0 Å². The summed E-state index contributed by atoms with van der Waals surface area (Å²) in [4.78, 5) is -0.375. The molecule has 0 N–H and O–H groups in total. The molecule has 0 saturated carbocycles. The van der Waals surface area contributed by atoms with Crippen LogP contribution in [0, 0.1) is 28.1 Å². The Hall–Kier alpha value is -1.10. The van der Waals surface area contributed by atoms with Crippen LogP contribution in [0.4, 0.5) is 35.1 Å². The third kappa shape index (κ3) is 4.46. The number of nitriles is 2. The molecular weight excluding hydrogens is 404 g/mol. The van der Waals surface area contributed by atoms with Crippen LogP contribution < -0.4 is 0 Å². The lowest BCUT2D eigenvalue weighted by atomic mass is 9.78. The first kappa shape index (κ1) is 21.9. The van der Waals surface area contributed by atoms with Gasteiger partial charge in [0.2, 0.25) is 0 Å². The van der Waals surface area contributed by atoms with Crippen molar-refractivity contribution in [2.75, 3.05) is 0 Å². The first-order chi connectivity index (χ1) is 10.2. The van der Waals surface area contributed by atoms with Crippen LogP contribution in [0.15, 0.2) is 0 Å². The van der Waals surface area contributed by atoms with E-state index in [1.165, 1.54) is 6.92 Å². The minimum absolute atomic E-state index is 0.0754. The van der Waals surface area contributed by atoms with Crippen LogP contribution in [0.2, 0.25) is 0 Å². The molecule has 0 amide bonds. The van der Waals surface area contributed by atoms with Crippen LogP contribution in [0.1, 0.15) is 26.2 Å².